The lowest BCUT2D eigenvalue weighted by molar-refractivity contribution is 0.191. The number of aliphatic hydroxyl groups excluding tert-OH is 1. The number of hydrogen-bond donors (Lipinski definition) is 2. The van der Waals surface area contributed by atoms with Crippen molar-refractivity contribution in [3.8, 4) is 0 Å². The van der Waals surface area contributed by atoms with Crippen LogP contribution >= 0.6 is 0 Å². The molecule has 0 spiro atoms. The quantitative estimate of drug-likeness (QED) is 0.859. The van der Waals surface area contributed by atoms with Crippen molar-refractivity contribution >= 4 is 15.5 Å². The molecule has 0 aliphatic carbocycles. The number of aliphatic hydroxyl groups is 1. The molecular weight excluding hydrogens is 298 g/mol. The van der Waals surface area contributed by atoms with Gasteiger partial charge in [-0.25, -0.2) is 8.42 Å². The van der Waals surface area contributed by atoms with Crippen molar-refractivity contribution in [1.29, 1.82) is 0 Å². The molecule has 0 radical (unpaired) electrons. The molecule has 2 rings (SSSR count). The van der Waals surface area contributed by atoms with Crippen molar-refractivity contribution in [2.24, 2.45) is 0 Å². The van der Waals surface area contributed by atoms with Crippen molar-refractivity contribution in [3.63, 3.8) is 0 Å². The average molecular weight is 319 g/mol. The predicted octanol–water partition coefficient (Wildman–Crippen LogP) is 2.93. The summed E-state index contributed by atoms with van der Waals surface area (Å²) in [5, 5.41) is 13.3. The predicted molar refractivity (Wildman–Crippen MR) is 88.8 cm³/mol. The zero-order chi connectivity index (χ0) is 16.2. The van der Waals surface area contributed by atoms with Gasteiger partial charge in [-0.05, 0) is 36.8 Å². The summed E-state index contributed by atoms with van der Waals surface area (Å²) in [6.07, 6.45) is -0.612. The first-order valence-corrected chi connectivity index (χ1v) is 8.89. The minimum absolute atomic E-state index is 0.0891. The lowest BCUT2D eigenvalue weighted by Gasteiger charge is -2.14. The van der Waals surface area contributed by atoms with Crippen LogP contribution in [0.1, 0.15) is 24.2 Å². The summed E-state index contributed by atoms with van der Waals surface area (Å²) in [5.74, 6) is 0.0891. The molecule has 22 heavy (non-hydrogen) atoms. The second-order valence-corrected chi connectivity index (χ2v) is 7.52. The molecule has 0 heterocycles. The molecule has 2 N–H and O–H groups in total. The van der Waals surface area contributed by atoms with Crippen molar-refractivity contribution < 1.29 is 13.5 Å². The number of anilines is 1. The summed E-state index contributed by atoms with van der Waals surface area (Å²) >= 11 is 0. The van der Waals surface area contributed by atoms with Crippen molar-refractivity contribution in [1.82, 2.24) is 0 Å². The Labute approximate surface area is 131 Å². The van der Waals surface area contributed by atoms with Crippen molar-refractivity contribution in [2.75, 3.05) is 17.6 Å². The molecule has 1 unspecified atom stereocenters. The number of sulfone groups is 1. The molecule has 0 aliphatic heterocycles. The van der Waals surface area contributed by atoms with Crippen LogP contribution in [0.3, 0.4) is 0 Å². The van der Waals surface area contributed by atoms with Crippen LogP contribution in [0.4, 0.5) is 5.69 Å². The Balaban J connectivity index is 2.00. The minimum Gasteiger partial charge on any atom is -0.387 e. The fourth-order valence-corrected chi connectivity index (χ4v) is 3.04. The van der Waals surface area contributed by atoms with Gasteiger partial charge in [-0.15, -0.1) is 0 Å². The van der Waals surface area contributed by atoms with E-state index in [4.69, 9.17) is 0 Å². The molecule has 0 fully saturated rings. The summed E-state index contributed by atoms with van der Waals surface area (Å²) < 4.78 is 23.5. The maximum Gasteiger partial charge on any atom is 0.178 e. The fourth-order valence-electron chi connectivity index (χ4n) is 2.16. The van der Waals surface area contributed by atoms with Gasteiger partial charge in [0.25, 0.3) is 0 Å². The fraction of sp³-hybridized carbons (Fsp3) is 0.294. The van der Waals surface area contributed by atoms with Gasteiger partial charge in [-0.2, -0.15) is 0 Å². The molecule has 0 aromatic heterocycles. The molecule has 5 heteroatoms. The van der Waals surface area contributed by atoms with Crippen molar-refractivity contribution in [2.45, 2.75) is 24.8 Å². The third-order valence-electron chi connectivity index (χ3n) is 3.52. The number of nitrogens with one attached hydrogen (secondary N) is 1. The Hall–Kier alpha value is -1.85. The van der Waals surface area contributed by atoms with E-state index in [1.165, 1.54) is 0 Å². The molecule has 118 valence electrons. The molecule has 0 amide bonds. The van der Waals surface area contributed by atoms with Crippen molar-refractivity contribution in [3.05, 3.63) is 59.7 Å². The summed E-state index contributed by atoms with van der Waals surface area (Å²) in [5.41, 5.74) is 2.74. The van der Waals surface area contributed by atoms with Gasteiger partial charge in [0, 0.05) is 12.2 Å². The van der Waals surface area contributed by atoms with Gasteiger partial charge in [-0.3, -0.25) is 0 Å². The molecule has 0 saturated heterocycles. The third-order valence-corrected chi connectivity index (χ3v) is 5.27. The standard InChI is InChI=1S/C17H21NO3S/c1-3-22(20,21)16-9-7-15(8-10-16)18-12-17(19)14-6-4-5-13(2)11-14/h4-11,17-19H,3,12H2,1-2H3. The largest absolute Gasteiger partial charge is 0.387 e. The van der Waals surface area contributed by atoms with Gasteiger partial charge in [0.1, 0.15) is 0 Å². The molecule has 4 nitrogen and oxygen atoms in total. The Morgan fingerprint density at radius 1 is 1.14 bits per heavy atom. The van der Waals surface area contributed by atoms with Crippen LogP contribution in [0.2, 0.25) is 0 Å². The van der Waals surface area contributed by atoms with Crippen LogP contribution in [-0.4, -0.2) is 25.8 Å². The number of benzene rings is 2. The molecule has 2 aromatic rings. The van der Waals surface area contributed by atoms with E-state index in [-0.39, 0.29) is 5.75 Å². The van der Waals surface area contributed by atoms with Gasteiger partial charge >= 0.3 is 0 Å². The normalized spacial score (nSPS) is 12.9. The SMILES string of the molecule is CCS(=O)(=O)c1ccc(NCC(O)c2cccc(C)c2)cc1. The van der Waals surface area contributed by atoms with Gasteiger partial charge in [0.15, 0.2) is 9.84 Å². The zero-order valence-corrected chi connectivity index (χ0v) is 13.6. The molecule has 0 bridgehead atoms. The molecule has 0 saturated carbocycles. The van der Waals surface area contributed by atoms with E-state index in [0.29, 0.717) is 11.4 Å². The third kappa shape index (κ3) is 4.08. The monoisotopic (exact) mass is 319 g/mol. The summed E-state index contributed by atoms with van der Waals surface area (Å²) in [4.78, 5) is 0.319. The van der Waals surface area contributed by atoms with Crippen LogP contribution in [0, 0.1) is 6.92 Å². The molecular formula is C17H21NO3S. The topological polar surface area (TPSA) is 66.4 Å². The second-order valence-electron chi connectivity index (χ2n) is 5.24. The molecule has 2 aromatic carbocycles. The zero-order valence-electron chi connectivity index (χ0n) is 12.8. The van der Waals surface area contributed by atoms with E-state index in [9.17, 15) is 13.5 Å². The molecule has 0 aliphatic rings. The summed E-state index contributed by atoms with van der Waals surface area (Å²) in [7, 11) is -3.17. The van der Waals surface area contributed by atoms with E-state index in [2.05, 4.69) is 5.32 Å². The Kier molecular flexibility index (Phi) is 5.21. The minimum atomic E-state index is -3.17. The van der Waals surface area contributed by atoms with E-state index in [1.54, 1.807) is 31.2 Å². The van der Waals surface area contributed by atoms with Crippen LogP contribution in [-0.2, 0) is 9.84 Å². The highest BCUT2D eigenvalue weighted by molar-refractivity contribution is 7.91. The first kappa shape index (κ1) is 16.5. The van der Waals surface area contributed by atoms with E-state index in [1.807, 2.05) is 31.2 Å². The lowest BCUT2D eigenvalue weighted by Crippen LogP contribution is -2.12. The van der Waals surface area contributed by atoms with Crippen LogP contribution in [0.5, 0.6) is 0 Å². The number of aryl methyl sites for hydroxylation is 1. The highest BCUT2D eigenvalue weighted by atomic mass is 32.2. The van der Waals surface area contributed by atoms with E-state index in [0.717, 1.165) is 16.8 Å². The summed E-state index contributed by atoms with van der Waals surface area (Å²) in [6, 6.07) is 14.3. The number of hydrogen-bond acceptors (Lipinski definition) is 4. The Bertz CT molecular complexity index is 724. The Morgan fingerprint density at radius 3 is 2.41 bits per heavy atom. The van der Waals surface area contributed by atoms with Crippen LogP contribution in [0.15, 0.2) is 53.4 Å². The first-order valence-electron chi connectivity index (χ1n) is 7.23. The highest BCUT2D eigenvalue weighted by Gasteiger charge is 2.11. The van der Waals surface area contributed by atoms with E-state index >= 15 is 0 Å². The first-order chi connectivity index (χ1) is 10.4. The number of rotatable bonds is 6. The Morgan fingerprint density at radius 2 is 1.82 bits per heavy atom. The smallest absolute Gasteiger partial charge is 0.178 e. The van der Waals surface area contributed by atoms with Crippen LogP contribution < -0.4 is 5.32 Å². The van der Waals surface area contributed by atoms with Crippen LogP contribution in [0.25, 0.3) is 0 Å². The van der Waals surface area contributed by atoms with Gasteiger partial charge in [0.05, 0.1) is 16.8 Å². The summed E-state index contributed by atoms with van der Waals surface area (Å²) in [6.45, 7) is 3.97. The van der Waals surface area contributed by atoms with Gasteiger partial charge < -0.3 is 10.4 Å². The molecule has 1 atom stereocenters. The maximum absolute atomic E-state index is 11.7. The lowest BCUT2D eigenvalue weighted by atomic mass is 10.1. The maximum atomic E-state index is 11.7. The second kappa shape index (κ2) is 6.94. The van der Waals surface area contributed by atoms with Gasteiger partial charge in [-0.1, -0.05) is 36.8 Å². The average Bonchev–Trinajstić information content (AvgIpc) is 2.53. The van der Waals surface area contributed by atoms with Gasteiger partial charge in [0.2, 0.25) is 0 Å². The highest BCUT2D eigenvalue weighted by Crippen LogP contribution is 2.18. The van der Waals surface area contributed by atoms with E-state index < -0.39 is 15.9 Å².